The van der Waals surface area contributed by atoms with E-state index >= 15 is 0 Å². The van der Waals surface area contributed by atoms with Crippen LogP contribution in [0, 0.1) is 13.8 Å². The van der Waals surface area contributed by atoms with Crippen molar-refractivity contribution in [2.75, 3.05) is 25.6 Å². The fourth-order valence-corrected chi connectivity index (χ4v) is 2.17. The van der Waals surface area contributed by atoms with Gasteiger partial charge in [0.05, 0.1) is 25.1 Å². The highest BCUT2D eigenvalue weighted by Gasteiger charge is 2.09. The lowest BCUT2D eigenvalue weighted by Gasteiger charge is -2.13. The van der Waals surface area contributed by atoms with Gasteiger partial charge in [-0.05, 0) is 56.2 Å². The minimum absolute atomic E-state index is 0.0913. The van der Waals surface area contributed by atoms with Gasteiger partial charge < -0.3 is 14.8 Å². The minimum atomic E-state index is -0.302. The molecule has 0 unspecified atom stereocenters. The minimum Gasteiger partial charge on any atom is -0.495 e. The first kappa shape index (κ1) is 16.8. The van der Waals surface area contributed by atoms with Gasteiger partial charge in [0.2, 0.25) is 0 Å². The molecule has 1 heterocycles. The van der Waals surface area contributed by atoms with Gasteiger partial charge in [0.1, 0.15) is 12.3 Å². The first-order chi connectivity index (χ1) is 11.0. The Kier molecular flexibility index (Phi) is 5.57. The number of aryl methyl sites for hydroxylation is 2. The predicted molar refractivity (Wildman–Crippen MR) is 90.8 cm³/mol. The summed E-state index contributed by atoms with van der Waals surface area (Å²) < 4.78 is 10.3. The van der Waals surface area contributed by atoms with Crippen LogP contribution in [0.3, 0.4) is 0 Å². The molecule has 2 rings (SSSR count). The molecule has 0 radical (unpaired) electrons. The molecule has 0 bridgehead atoms. The second-order valence-corrected chi connectivity index (χ2v) is 5.23. The number of aromatic nitrogens is 1. The largest absolute Gasteiger partial charge is 0.495 e. The van der Waals surface area contributed by atoms with Crippen LogP contribution in [0.25, 0.3) is 11.3 Å². The summed E-state index contributed by atoms with van der Waals surface area (Å²) >= 11 is 0. The molecule has 1 N–H and O–H groups in total. The van der Waals surface area contributed by atoms with Gasteiger partial charge in [0, 0.05) is 11.8 Å². The lowest BCUT2D eigenvalue weighted by Crippen LogP contribution is -2.17. The normalized spacial score (nSPS) is 10.3. The summed E-state index contributed by atoms with van der Waals surface area (Å²) in [7, 11) is 1.60. The lowest BCUT2D eigenvalue weighted by atomic mass is 10.1. The van der Waals surface area contributed by atoms with Crippen molar-refractivity contribution < 1.29 is 14.3 Å². The Morgan fingerprint density at radius 3 is 2.65 bits per heavy atom. The average Bonchev–Trinajstić information content (AvgIpc) is 2.55. The molecule has 1 aromatic carbocycles. The molecule has 1 aromatic heterocycles. The van der Waals surface area contributed by atoms with Crippen LogP contribution >= 0.6 is 0 Å². The molecule has 0 aliphatic carbocycles. The highest BCUT2D eigenvalue weighted by atomic mass is 16.5. The molecule has 2 aromatic rings. The number of pyridine rings is 1. The molecular formula is C18H22N2O3. The number of hydrogen-bond donors (Lipinski definition) is 1. The van der Waals surface area contributed by atoms with Gasteiger partial charge in [-0.1, -0.05) is 0 Å². The maximum absolute atomic E-state index is 11.5. The summed E-state index contributed by atoms with van der Waals surface area (Å²) in [5.41, 5.74) is 4.92. The summed E-state index contributed by atoms with van der Waals surface area (Å²) in [4.78, 5) is 16.0. The van der Waals surface area contributed by atoms with Crippen molar-refractivity contribution in [1.29, 1.82) is 0 Å². The summed E-state index contributed by atoms with van der Waals surface area (Å²) in [5.74, 6) is 0.367. The maximum atomic E-state index is 11.5. The van der Waals surface area contributed by atoms with E-state index in [2.05, 4.69) is 17.2 Å². The molecule has 23 heavy (non-hydrogen) atoms. The van der Waals surface area contributed by atoms with E-state index in [9.17, 15) is 4.79 Å². The smallest absolute Gasteiger partial charge is 0.325 e. The molecule has 0 saturated carbocycles. The van der Waals surface area contributed by atoms with Crippen LogP contribution in [0.15, 0.2) is 30.5 Å². The summed E-state index contributed by atoms with van der Waals surface area (Å²) in [6, 6.07) is 7.78. The van der Waals surface area contributed by atoms with Crippen LogP contribution in [-0.4, -0.2) is 31.2 Å². The van der Waals surface area contributed by atoms with E-state index in [0.29, 0.717) is 12.4 Å². The van der Waals surface area contributed by atoms with Crippen LogP contribution in [0.1, 0.15) is 18.1 Å². The number of methoxy groups -OCH3 is 1. The molecule has 0 fully saturated rings. The molecule has 0 amide bonds. The average molecular weight is 314 g/mol. The number of nitrogens with one attached hydrogen (secondary N) is 1. The second kappa shape index (κ2) is 7.63. The third kappa shape index (κ3) is 4.22. The van der Waals surface area contributed by atoms with Crippen LogP contribution in [0.2, 0.25) is 0 Å². The van der Waals surface area contributed by atoms with Crippen LogP contribution in [0.5, 0.6) is 5.75 Å². The van der Waals surface area contributed by atoms with E-state index in [1.54, 1.807) is 14.0 Å². The molecule has 0 atom stereocenters. The molecule has 5 nitrogen and oxygen atoms in total. The number of ether oxygens (including phenoxy) is 2. The first-order valence-electron chi connectivity index (χ1n) is 7.56. The van der Waals surface area contributed by atoms with Gasteiger partial charge in [-0.2, -0.15) is 0 Å². The molecule has 5 heteroatoms. The Bertz CT molecular complexity index is 699. The first-order valence-corrected chi connectivity index (χ1v) is 7.56. The van der Waals surface area contributed by atoms with Crippen LogP contribution in [0.4, 0.5) is 5.69 Å². The van der Waals surface area contributed by atoms with E-state index in [1.807, 2.05) is 37.4 Å². The summed E-state index contributed by atoms with van der Waals surface area (Å²) in [6.45, 7) is 6.33. The zero-order valence-corrected chi connectivity index (χ0v) is 14.0. The van der Waals surface area contributed by atoms with Crippen molar-refractivity contribution in [3.63, 3.8) is 0 Å². The summed E-state index contributed by atoms with van der Waals surface area (Å²) in [5, 5.41) is 3.06. The van der Waals surface area contributed by atoms with Crippen molar-refractivity contribution in [2.24, 2.45) is 0 Å². The molecule has 0 spiro atoms. The van der Waals surface area contributed by atoms with Crippen LogP contribution < -0.4 is 10.1 Å². The summed E-state index contributed by atoms with van der Waals surface area (Å²) in [6.07, 6.45) is 1.86. The number of carbonyl (C=O) groups excluding carboxylic acids is 1. The Balaban J connectivity index is 2.27. The second-order valence-electron chi connectivity index (χ2n) is 5.23. The number of esters is 1. The number of nitrogens with zero attached hydrogens (tertiary/aromatic N) is 1. The standard InChI is InChI=1S/C18H22N2O3/c1-5-23-18(21)11-20-16-9-14(6-7-17(16)22-4)15-8-12(2)13(3)10-19-15/h6-10,20H,5,11H2,1-4H3. The molecule has 122 valence electrons. The third-order valence-corrected chi connectivity index (χ3v) is 3.60. The van der Waals surface area contributed by atoms with Crippen molar-refractivity contribution in [3.8, 4) is 17.0 Å². The number of carbonyl (C=O) groups is 1. The van der Waals surface area contributed by atoms with E-state index < -0.39 is 0 Å². The number of anilines is 1. The molecule has 0 saturated heterocycles. The third-order valence-electron chi connectivity index (χ3n) is 3.60. The van der Waals surface area contributed by atoms with Crippen molar-refractivity contribution >= 4 is 11.7 Å². The number of benzene rings is 1. The van der Waals surface area contributed by atoms with Gasteiger partial charge in [0.25, 0.3) is 0 Å². The SMILES string of the molecule is CCOC(=O)CNc1cc(-c2cc(C)c(C)cn2)ccc1OC. The molecular weight excluding hydrogens is 292 g/mol. The van der Waals surface area contributed by atoms with Gasteiger partial charge in [-0.25, -0.2) is 0 Å². The lowest BCUT2D eigenvalue weighted by molar-refractivity contribution is -0.140. The van der Waals surface area contributed by atoms with Gasteiger partial charge in [-0.3, -0.25) is 9.78 Å². The number of hydrogen-bond acceptors (Lipinski definition) is 5. The quantitative estimate of drug-likeness (QED) is 0.829. The van der Waals surface area contributed by atoms with Gasteiger partial charge >= 0.3 is 5.97 Å². The Morgan fingerprint density at radius 2 is 2.00 bits per heavy atom. The van der Waals surface area contributed by atoms with Gasteiger partial charge in [-0.15, -0.1) is 0 Å². The van der Waals surface area contributed by atoms with Gasteiger partial charge in [0.15, 0.2) is 0 Å². The topological polar surface area (TPSA) is 60.5 Å². The van der Waals surface area contributed by atoms with E-state index in [4.69, 9.17) is 9.47 Å². The highest BCUT2D eigenvalue weighted by molar-refractivity contribution is 5.77. The fraction of sp³-hybridized carbons (Fsp3) is 0.333. The highest BCUT2D eigenvalue weighted by Crippen LogP contribution is 2.30. The Labute approximate surface area is 136 Å². The zero-order chi connectivity index (χ0) is 16.8. The fourth-order valence-electron chi connectivity index (χ4n) is 2.17. The zero-order valence-electron chi connectivity index (χ0n) is 14.0. The van der Waals surface area contributed by atoms with Crippen molar-refractivity contribution in [2.45, 2.75) is 20.8 Å². The van der Waals surface area contributed by atoms with E-state index in [-0.39, 0.29) is 12.5 Å². The molecule has 0 aliphatic rings. The maximum Gasteiger partial charge on any atom is 0.325 e. The van der Waals surface area contributed by atoms with Crippen molar-refractivity contribution in [3.05, 3.63) is 41.6 Å². The number of rotatable bonds is 6. The van der Waals surface area contributed by atoms with Crippen LogP contribution in [-0.2, 0) is 9.53 Å². The molecule has 0 aliphatic heterocycles. The Morgan fingerprint density at radius 1 is 1.22 bits per heavy atom. The predicted octanol–water partition coefficient (Wildman–Crippen LogP) is 3.35. The Hall–Kier alpha value is -2.56. The monoisotopic (exact) mass is 314 g/mol. The van der Waals surface area contributed by atoms with Crippen molar-refractivity contribution in [1.82, 2.24) is 4.98 Å². The van der Waals surface area contributed by atoms with E-state index in [1.165, 1.54) is 5.56 Å². The van der Waals surface area contributed by atoms with E-state index in [0.717, 1.165) is 22.5 Å².